The number of hydrogen-bond donors (Lipinski definition) is 1. The molecule has 0 radical (unpaired) electrons. The third kappa shape index (κ3) is 5.99. The van der Waals surface area contributed by atoms with Crippen LogP contribution in [0.25, 0.3) is 0 Å². The highest BCUT2D eigenvalue weighted by molar-refractivity contribution is 5.32. The van der Waals surface area contributed by atoms with Gasteiger partial charge in [0.25, 0.3) is 0 Å². The topological polar surface area (TPSA) is 55.6 Å². The Morgan fingerprint density at radius 1 is 0.867 bits per heavy atom. The number of aromatic nitrogens is 4. The molecule has 0 unspecified atom stereocenters. The van der Waals surface area contributed by atoms with Gasteiger partial charge in [0.15, 0.2) is 5.82 Å². The Morgan fingerprint density at radius 2 is 1.43 bits per heavy atom. The first-order chi connectivity index (χ1) is 14.3. The highest BCUT2D eigenvalue weighted by Crippen LogP contribution is 2.32. The molecule has 30 heavy (non-hydrogen) atoms. The van der Waals surface area contributed by atoms with Crippen LogP contribution in [0.4, 0.5) is 0 Å². The Hall–Kier alpha value is -2.53. The van der Waals surface area contributed by atoms with Gasteiger partial charge in [0.2, 0.25) is 0 Å². The summed E-state index contributed by atoms with van der Waals surface area (Å²) in [4.78, 5) is 0. The van der Waals surface area contributed by atoms with Crippen LogP contribution in [-0.2, 0) is 12.1 Å². The quantitative estimate of drug-likeness (QED) is 0.500. The van der Waals surface area contributed by atoms with Crippen LogP contribution < -0.4 is 5.32 Å². The molecular weight excluding hydrogens is 370 g/mol. The van der Waals surface area contributed by atoms with Gasteiger partial charge in [-0.2, -0.15) is 0 Å². The lowest BCUT2D eigenvalue weighted by Crippen LogP contribution is -2.35. The highest BCUT2D eigenvalue weighted by Gasteiger charge is 2.30. The predicted octanol–water partition coefficient (Wildman–Crippen LogP) is 5.16. The molecule has 5 heteroatoms. The van der Waals surface area contributed by atoms with Crippen LogP contribution in [0.1, 0.15) is 70.3 Å². The van der Waals surface area contributed by atoms with Crippen LogP contribution in [-0.4, -0.2) is 26.8 Å². The van der Waals surface area contributed by atoms with E-state index in [0.29, 0.717) is 12.5 Å². The van der Waals surface area contributed by atoms with E-state index < -0.39 is 0 Å². The summed E-state index contributed by atoms with van der Waals surface area (Å²) in [7, 11) is 0. The van der Waals surface area contributed by atoms with Crippen LogP contribution >= 0.6 is 0 Å². The van der Waals surface area contributed by atoms with Crippen LogP contribution in [0.5, 0.6) is 0 Å². The number of nitrogens with zero attached hydrogens (tertiary/aromatic N) is 4. The van der Waals surface area contributed by atoms with Crippen molar-refractivity contribution in [3.63, 3.8) is 0 Å². The van der Waals surface area contributed by atoms with Crippen molar-refractivity contribution in [3.05, 3.63) is 77.6 Å². The molecule has 0 aliphatic rings. The third-order valence-electron chi connectivity index (χ3n) is 5.37. The van der Waals surface area contributed by atoms with Gasteiger partial charge in [-0.15, -0.1) is 5.10 Å². The molecule has 0 saturated heterocycles. The zero-order valence-electron chi connectivity index (χ0n) is 19.0. The average Bonchev–Trinajstić information content (AvgIpc) is 3.17. The zero-order valence-corrected chi connectivity index (χ0v) is 19.0. The highest BCUT2D eigenvalue weighted by atomic mass is 15.6. The van der Waals surface area contributed by atoms with Crippen LogP contribution in [0.2, 0.25) is 0 Å². The summed E-state index contributed by atoms with van der Waals surface area (Å²) in [5.74, 6) is 1.26. The minimum absolute atomic E-state index is 0.130. The average molecular weight is 406 g/mol. The van der Waals surface area contributed by atoms with Gasteiger partial charge in [0.05, 0.1) is 12.1 Å². The second-order valence-corrected chi connectivity index (χ2v) is 9.90. The lowest BCUT2D eigenvalue weighted by Gasteiger charge is -2.32. The van der Waals surface area contributed by atoms with E-state index >= 15 is 0 Å². The van der Waals surface area contributed by atoms with Crippen molar-refractivity contribution in [2.45, 2.75) is 65.5 Å². The van der Waals surface area contributed by atoms with Gasteiger partial charge in [0.1, 0.15) is 0 Å². The summed E-state index contributed by atoms with van der Waals surface area (Å²) >= 11 is 0. The molecule has 0 spiro atoms. The molecule has 0 fully saturated rings. The second kappa shape index (κ2) is 9.52. The van der Waals surface area contributed by atoms with Crippen LogP contribution in [0, 0.1) is 5.41 Å². The van der Waals surface area contributed by atoms with Crippen molar-refractivity contribution in [1.82, 2.24) is 25.5 Å². The maximum atomic E-state index is 4.30. The number of nitrogens with one attached hydrogen (secondary N) is 1. The van der Waals surface area contributed by atoms with Gasteiger partial charge >= 0.3 is 0 Å². The summed E-state index contributed by atoms with van der Waals surface area (Å²) in [6.07, 6.45) is 2.02. The van der Waals surface area contributed by atoms with Crippen molar-refractivity contribution in [1.29, 1.82) is 0 Å². The van der Waals surface area contributed by atoms with Crippen molar-refractivity contribution in [3.8, 4) is 0 Å². The molecule has 0 amide bonds. The molecule has 160 valence electrons. The SMILES string of the molecule is CC(C)(C)CC(C)(C)n1nnnc1CNCCC(c1ccccc1)c1ccccc1. The summed E-state index contributed by atoms with van der Waals surface area (Å²) in [6.45, 7) is 12.7. The maximum absolute atomic E-state index is 4.30. The fourth-order valence-corrected chi connectivity index (χ4v) is 4.50. The summed E-state index contributed by atoms with van der Waals surface area (Å²) in [5, 5.41) is 16.1. The van der Waals surface area contributed by atoms with Crippen LogP contribution in [0.15, 0.2) is 60.7 Å². The molecule has 0 bridgehead atoms. The van der Waals surface area contributed by atoms with Crippen molar-refractivity contribution >= 4 is 0 Å². The fraction of sp³-hybridized carbons (Fsp3) is 0.480. The summed E-state index contributed by atoms with van der Waals surface area (Å²) in [5.41, 5.74) is 2.77. The van der Waals surface area contributed by atoms with Crippen molar-refractivity contribution in [2.75, 3.05) is 6.54 Å². The summed E-state index contributed by atoms with van der Waals surface area (Å²) in [6, 6.07) is 21.5. The standard InChI is InChI=1S/C25H35N5/c1-24(2,3)19-25(4,5)30-23(27-28-29-30)18-26-17-16-22(20-12-8-6-9-13-20)21-14-10-7-11-15-21/h6-15,22,26H,16-19H2,1-5H3. The van der Waals surface area contributed by atoms with Crippen molar-refractivity contribution in [2.24, 2.45) is 5.41 Å². The Balaban J connectivity index is 1.63. The molecule has 1 N–H and O–H groups in total. The molecular formula is C25H35N5. The Labute approximate surface area is 180 Å². The fourth-order valence-electron chi connectivity index (χ4n) is 4.50. The molecule has 5 nitrogen and oxygen atoms in total. The van der Waals surface area contributed by atoms with E-state index in [1.54, 1.807) is 0 Å². The van der Waals surface area contributed by atoms with E-state index in [-0.39, 0.29) is 11.0 Å². The maximum Gasteiger partial charge on any atom is 0.165 e. The summed E-state index contributed by atoms with van der Waals surface area (Å²) < 4.78 is 1.98. The minimum atomic E-state index is -0.130. The number of rotatable bonds is 9. The monoisotopic (exact) mass is 405 g/mol. The first kappa shape index (κ1) is 22.2. The first-order valence-corrected chi connectivity index (χ1v) is 10.8. The molecule has 3 rings (SSSR count). The molecule has 0 aliphatic carbocycles. The molecule has 3 aromatic rings. The predicted molar refractivity (Wildman–Crippen MR) is 122 cm³/mol. The van der Waals surface area contributed by atoms with E-state index in [1.807, 2.05) is 4.68 Å². The van der Waals surface area contributed by atoms with E-state index in [9.17, 15) is 0 Å². The first-order valence-electron chi connectivity index (χ1n) is 10.8. The van der Waals surface area contributed by atoms with E-state index in [2.05, 4.69) is 116 Å². The lowest BCUT2D eigenvalue weighted by molar-refractivity contribution is 0.190. The van der Waals surface area contributed by atoms with Gasteiger partial charge in [-0.1, -0.05) is 81.4 Å². The molecule has 0 atom stereocenters. The molecule has 0 aliphatic heterocycles. The van der Waals surface area contributed by atoms with Gasteiger partial charge in [0, 0.05) is 5.92 Å². The van der Waals surface area contributed by atoms with E-state index in [1.165, 1.54) is 11.1 Å². The van der Waals surface area contributed by atoms with Crippen LogP contribution in [0.3, 0.4) is 0 Å². The van der Waals surface area contributed by atoms with Gasteiger partial charge in [-0.3, -0.25) is 0 Å². The molecule has 0 saturated carbocycles. The van der Waals surface area contributed by atoms with Gasteiger partial charge in [-0.25, -0.2) is 4.68 Å². The van der Waals surface area contributed by atoms with Gasteiger partial charge in [-0.05, 0) is 60.2 Å². The van der Waals surface area contributed by atoms with E-state index in [0.717, 1.165) is 25.2 Å². The lowest BCUT2D eigenvalue weighted by atomic mass is 9.82. The Morgan fingerprint density at radius 3 is 1.97 bits per heavy atom. The normalized spacial score (nSPS) is 12.5. The van der Waals surface area contributed by atoms with Gasteiger partial charge < -0.3 is 5.32 Å². The Bertz CT molecular complexity index is 855. The van der Waals surface area contributed by atoms with Crippen molar-refractivity contribution < 1.29 is 0 Å². The molecule has 1 aromatic heterocycles. The molecule has 1 heterocycles. The van der Waals surface area contributed by atoms with E-state index in [4.69, 9.17) is 0 Å². The number of benzene rings is 2. The largest absolute Gasteiger partial charge is 0.310 e. The Kier molecular flexibility index (Phi) is 7.03. The number of tetrazole rings is 1. The second-order valence-electron chi connectivity index (χ2n) is 9.90. The smallest absolute Gasteiger partial charge is 0.165 e. The third-order valence-corrected chi connectivity index (χ3v) is 5.37. The molecule has 2 aromatic carbocycles. The number of hydrogen-bond acceptors (Lipinski definition) is 4. The minimum Gasteiger partial charge on any atom is -0.310 e. The zero-order chi connectivity index (χ0) is 21.6.